The molecule has 2 N–H and O–H groups in total. The second-order valence-corrected chi connectivity index (χ2v) is 11.3. The number of piperidine rings is 1. The van der Waals surface area contributed by atoms with Crippen molar-refractivity contribution in [3.63, 3.8) is 0 Å². The van der Waals surface area contributed by atoms with Gasteiger partial charge in [0.15, 0.2) is 0 Å². The van der Waals surface area contributed by atoms with Crippen molar-refractivity contribution in [1.29, 1.82) is 0 Å². The van der Waals surface area contributed by atoms with Gasteiger partial charge in [-0.15, -0.1) is 0 Å². The van der Waals surface area contributed by atoms with Gasteiger partial charge < -0.3 is 15.5 Å². The van der Waals surface area contributed by atoms with Crippen LogP contribution in [0, 0.1) is 6.92 Å². The van der Waals surface area contributed by atoms with Gasteiger partial charge in [-0.2, -0.15) is 13.2 Å². The summed E-state index contributed by atoms with van der Waals surface area (Å²) in [5.41, 5.74) is 4.55. The number of para-hydroxylation sites is 1. The molecule has 9 nitrogen and oxygen atoms in total. The van der Waals surface area contributed by atoms with E-state index in [1.54, 1.807) is 35.0 Å². The van der Waals surface area contributed by atoms with Gasteiger partial charge in [-0.1, -0.05) is 24.2 Å². The molecule has 1 atom stereocenters. The van der Waals surface area contributed by atoms with Gasteiger partial charge in [-0.3, -0.25) is 24.2 Å². The van der Waals surface area contributed by atoms with E-state index in [1.165, 1.54) is 18.9 Å². The standard InChI is InChI=1S/C27H31ClF5N5O2.C3H5NO/c1-17-14-18(27(31,32)33)15-22(34-17)38-21(8-9-23(38)39)25(40)36(3)20-7-4-6-19(28)24(20)35(2)12-13-37-11-5-10-26(29,30)16-37;1-2-3(4)5/h4,6-7,14-15,21H,5,8-13,16H2,1-3H3;2H,1H2,(H2,4,5). The molecule has 2 aromatic rings. The molecule has 0 bridgehead atoms. The highest BCUT2D eigenvalue weighted by molar-refractivity contribution is 6.34. The number of carbonyl (C=O) groups is 3. The van der Waals surface area contributed by atoms with E-state index < -0.39 is 41.4 Å². The van der Waals surface area contributed by atoms with Crippen LogP contribution in [0.1, 0.15) is 36.9 Å². The lowest BCUT2D eigenvalue weighted by Crippen LogP contribution is -2.47. The van der Waals surface area contributed by atoms with Gasteiger partial charge in [0.2, 0.25) is 17.7 Å². The minimum Gasteiger partial charge on any atom is -0.370 e. The predicted octanol–water partition coefficient (Wildman–Crippen LogP) is 5.05. The smallest absolute Gasteiger partial charge is 0.370 e. The van der Waals surface area contributed by atoms with Crippen molar-refractivity contribution in [3.05, 3.63) is 59.3 Å². The number of amides is 3. The summed E-state index contributed by atoms with van der Waals surface area (Å²) in [6, 6.07) is 5.55. The number of likely N-dealkylation sites (N-methyl/N-ethyl adjacent to an activating group) is 2. The van der Waals surface area contributed by atoms with E-state index in [4.69, 9.17) is 11.6 Å². The number of carbonyl (C=O) groups excluding carboxylic acids is 3. The third-order valence-electron chi connectivity index (χ3n) is 7.47. The molecule has 2 fully saturated rings. The lowest BCUT2D eigenvalue weighted by atomic mass is 10.1. The van der Waals surface area contributed by atoms with Crippen LogP contribution in [-0.4, -0.2) is 79.8 Å². The lowest BCUT2D eigenvalue weighted by Gasteiger charge is -2.35. The summed E-state index contributed by atoms with van der Waals surface area (Å²) in [6.45, 7) is 5.44. The first-order valence-electron chi connectivity index (χ1n) is 14.1. The molecule has 1 aromatic carbocycles. The summed E-state index contributed by atoms with van der Waals surface area (Å²) in [5, 5.41) is 0.332. The minimum absolute atomic E-state index is 0.0238. The molecule has 246 valence electrons. The third-order valence-corrected chi connectivity index (χ3v) is 7.78. The quantitative estimate of drug-likeness (QED) is 0.315. The van der Waals surface area contributed by atoms with Crippen LogP contribution in [-0.2, 0) is 20.6 Å². The van der Waals surface area contributed by atoms with Gasteiger partial charge in [-0.05, 0) is 56.7 Å². The summed E-state index contributed by atoms with van der Waals surface area (Å²) in [5.74, 6) is -4.46. The van der Waals surface area contributed by atoms with Crippen molar-refractivity contribution < 1.29 is 36.3 Å². The average molecular weight is 659 g/mol. The van der Waals surface area contributed by atoms with Crippen LogP contribution in [0.25, 0.3) is 0 Å². The number of aromatic nitrogens is 1. The van der Waals surface area contributed by atoms with Gasteiger partial charge in [0, 0.05) is 45.7 Å². The normalized spacial score (nSPS) is 18.2. The number of hydrogen-bond donors (Lipinski definition) is 1. The Balaban J connectivity index is 0.00000102. The van der Waals surface area contributed by atoms with Gasteiger partial charge in [0.1, 0.15) is 11.9 Å². The van der Waals surface area contributed by atoms with Gasteiger partial charge >= 0.3 is 6.18 Å². The maximum atomic E-state index is 13.8. The Labute approximate surface area is 263 Å². The number of hydrogen-bond acceptors (Lipinski definition) is 6. The van der Waals surface area contributed by atoms with Crippen LogP contribution in [0.15, 0.2) is 43.0 Å². The van der Waals surface area contributed by atoms with Crippen molar-refractivity contribution in [3.8, 4) is 0 Å². The molecule has 15 heteroatoms. The molecule has 45 heavy (non-hydrogen) atoms. The topological polar surface area (TPSA) is 103 Å². The molecule has 0 saturated carbocycles. The number of rotatable bonds is 8. The lowest BCUT2D eigenvalue weighted by molar-refractivity contribution is -0.137. The molecule has 2 saturated heterocycles. The van der Waals surface area contributed by atoms with Gasteiger partial charge in [0.05, 0.1) is 28.5 Å². The van der Waals surface area contributed by atoms with E-state index in [-0.39, 0.29) is 37.3 Å². The fourth-order valence-electron chi connectivity index (χ4n) is 5.28. The van der Waals surface area contributed by atoms with E-state index >= 15 is 0 Å². The first-order valence-corrected chi connectivity index (χ1v) is 14.5. The molecule has 1 unspecified atom stereocenters. The minimum atomic E-state index is -4.65. The molecule has 0 aliphatic carbocycles. The molecule has 2 aliphatic heterocycles. The molecule has 1 aromatic heterocycles. The Morgan fingerprint density at radius 2 is 1.91 bits per heavy atom. The van der Waals surface area contributed by atoms with Crippen molar-refractivity contribution in [2.45, 2.75) is 50.7 Å². The number of alkyl halides is 5. The molecule has 3 amide bonds. The van der Waals surface area contributed by atoms with Gasteiger partial charge in [-0.25, -0.2) is 13.8 Å². The summed E-state index contributed by atoms with van der Waals surface area (Å²) >= 11 is 6.53. The molecular weight excluding hydrogens is 623 g/mol. The average Bonchev–Trinajstić information content (AvgIpc) is 3.35. The van der Waals surface area contributed by atoms with E-state index in [9.17, 15) is 36.3 Å². The zero-order valence-corrected chi connectivity index (χ0v) is 26.0. The second-order valence-electron chi connectivity index (χ2n) is 10.9. The number of pyridine rings is 1. The Morgan fingerprint density at radius 3 is 2.51 bits per heavy atom. The second kappa shape index (κ2) is 14.5. The molecule has 3 heterocycles. The first kappa shape index (κ1) is 35.7. The predicted molar refractivity (Wildman–Crippen MR) is 163 cm³/mol. The number of anilines is 3. The number of nitrogens with two attached hydrogens (primary N) is 1. The van der Waals surface area contributed by atoms with E-state index in [0.29, 0.717) is 42.5 Å². The number of primary amides is 1. The third kappa shape index (κ3) is 9.13. The highest BCUT2D eigenvalue weighted by atomic mass is 35.5. The Bertz CT molecular complexity index is 1420. The first-order chi connectivity index (χ1) is 20.9. The highest BCUT2D eigenvalue weighted by Gasteiger charge is 2.41. The molecule has 4 rings (SSSR count). The zero-order valence-electron chi connectivity index (χ0n) is 25.2. The fraction of sp³-hybridized carbons (Fsp3) is 0.467. The van der Waals surface area contributed by atoms with Crippen LogP contribution in [0.2, 0.25) is 5.02 Å². The van der Waals surface area contributed by atoms with Crippen LogP contribution in [0.4, 0.5) is 39.1 Å². The van der Waals surface area contributed by atoms with E-state index in [1.807, 2.05) is 0 Å². The van der Waals surface area contributed by atoms with Crippen molar-refractivity contribution >= 4 is 46.5 Å². The van der Waals surface area contributed by atoms with E-state index in [2.05, 4.69) is 17.3 Å². The maximum absolute atomic E-state index is 13.8. The zero-order chi connectivity index (χ0) is 33.7. The molecular formula is C30H36ClF5N6O3. The summed E-state index contributed by atoms with van der Waals surface area (Å²) < 4.78 is 68.1. The highest BCUT2D eigenvalue weighted by Crippen LogP contribution is 2.38. The largest absolute Gasteiger partial charge is 0.416 e. The molecule has 0 radical (unpaired) electrons. The Morgan fingerprint density at radius 1 is 1.24 bits per heavy atom. The van der Waals surface area contributed by atoms with Crippen LogP contribution >= 0.6 is 11.6 Å². The van der Waals surface area contributed by atoms with E-state index in [0.717, 1.165) is 23.1 Å². The number of benzene rings is 1. The number of nitrogens with zero attached hydrogens (tertiary/aromatic N) is 5. The number of halogens is 6. The van der Waals surface area contributed by atoms with Crippen LogP contribution in [0.3, 0.4) is 0 Å². The molecule has 0 spiro atoms. The Hall–Kier alpha value is -3.78. The van der Waals surface area contributed by atoms with Crippen molar-refractivity contribution in [2.75, 3.05) is 55.0 Å². The summed E-state index contributed by atoms with van der Waals surface area (Å²) in [6.07, 6.45) is -3.23. The maximum Gasteiger partial charge on any atom is 0.416 e. The van der Waals surface area contributed by atoms with Crippen LogP contribution < -0.4 is 20.4 Å². The monoisotopic (exact) mass is 658 g/mol. The van der Waals surface area contributed by atoms with Crippen molar-refractivity contribution in [1.82, 2.24) is 9.88 Å². The Kier molecular flexibility index (Phi) is 11.5. The number of likely N-dealkylation sites (tertiary alicyclic amines) is 1. The summed E-state index contributed by atoms with van der Waals surface area (Å²) in [4.78, 5) is 45.9. The fourth-order valence-corrected chi connectivity index (χ4v) is 5.59. The number of aryl methyl sites for hydroxylation is 1. The SMILES string of the molecule is C=CC(N)=O.Cc1cc(C(F)(F)F)cc(N2C(=O)CCC2C(=O)N(C)c2cccc(Cl)c2N(C)CCN2CCCC(F)(F)C2)n1. The van der Waals surface area contributed by atoms with Crippen LogP contribution in [0.5, 0.6) is 0 Å². The van der Waals surface area contributed by atoms with Gasteiger partial charge in [0.25, 0.3) is 5.92 Å². The summed E-state index contributed by atoms with van der Waals surface area (Å²) in [7, 11) is 3.24. The molecule has 2 aliphatic rings. The van der Waals surface area contributed by atoms with Crippen molar-refractivity contribution in [2.24, 2.45) is 5.73 Å².